The second-order valence-corrected chi connectivity index (χ2v) is 5.84. The van der Waals surface area contributed by atoms with Crippen molar-refractivity contribution >= 4 is 0 Å². The molecule has 0 aliphatic carbocycles. The van der Waals surface area contributed by atoms with Gasteiger partial charge in [0.1, 0.15) is 11.6 Å². The molecule has 2 saturated heterocycles. The second-order valence-electron chi connectivity index (χ2n) is 5.84. The first-order valence-corrected chi connectivity index (χ1v) is 7.09. The number of benzene rings is 1. The molecule has 1 aromatic rings. The van der Waals surface area contributed by atoms with Crippen LogP contribution in [0.1, 0.15) is 25.3 Å². The van der Waals surface area contributed by atoms with E-state index in [1.165, 1.54) is 37.6 Å². The third-order valence-electron chi connectivity index (χ3n) is 4.48. The number of hydrogen-bond acceptors (Lipinski definition) is 3. The van der Waals surface area contributed by atoms with Crippen LogP contribution >= 0.6 is 0 Å². The van der Waals surface area contributed by atoms with E-state index < -0.39 is 0 Å². The predicted molar refractivity (Wildman–Crippen MR) is 72.5 cm³/mol. The van der Waals surface area contributed by atoms with Crippen molar-refractivity contribution in [1.82, 2.24) is 9.80 Å². The van der Waals surface area contributed by atoms with Gasteiger partial charge in [-0.2, -0.15) is 0 Å². The molecule has 0 spiro atoms. The molecule has 0 bridgehead atoms. The summed E-state index contributed by atoms with van der Waals surface area (Å²) in [6.45, 7) is 6.17. The SMILES string of the molecule is CC1CN2CCCC2CN1Cc1cc(F)ccc1O. The lowest BCUT2D eigenvalue weighted by molar-refractivity contribution is 0.0535. The summed E-state index contributed by atoms with van der Waals surface area (Å²) in [7, 11) is 0. The number of aromatic hydroxyl groups is 1. The maximum Gasteiger partial charge on any atom is 0.123 e. The minimum atomic E-state index is -0.278. The van der Waals surface area contributed by atoms with E-state index in [0.29, 0.717) is 24.2 Å². The lowest BCUT2D eigenvalue weighted by atomic mass is 10.1. The minimum absolute atomic E-state index is 0.197. The topological polar surface area (TPSA) is 26.7 Å². The van der Waals surface area contributed by atoms with E-state index in [-0.39, 0.29) is 11.6 Å². The minimum Gasteiger partial charge on any atom is -0.508 e. The summed E-state index contributed by atoms with van der Waals surface area (Å²) >= 11 is 0. The smallest absolute Gasteiger partial charge is 0.123 e. The van der Waals surface area contributed by atoms with Gasteiger partial charge in [0.2, 0.25) is 0 Å². The summed E-state index contributed by atoms with van der Waals surface area (Å²) in [4.78, 5) is 4.92. The molecule has 0 amide bonds. The number of phenols is 1. The molecule has 0 radical (unpaired) electrons. The zero-order valence-electron chi connectivity index (χ0n) is 11.3. The van der Waals surface area contributed by atoms with Crippen LogP contribution in [0.15, 0.2) is 18.2 Å². The van der Waals surface area contributed by atoms with Gasteiger partial charge in [0.25, 0.3) is 0 Å². The molecule has 2 fully saturated rings. The summed E-state index contributed by atoms with van der Waals surface area (Å²) in [5, 5.41) is 9.84. The van der Waals surface area contributed by atoms with Gasteiger partial charge >= 0.3 is 0 Å². The molecule has 1 N–H and O–H groups in total. The molecule has 3 rings (SSSR count). The van der Waals surface area contributed by atoms with Crippen molar-refractivity contribution in [1.29, 1.82) is 0 Å². The highest BCUT2D eigenvalue weighted by atomic mass is 19.1. The third kappa shape index (κ3) is 2.60. The van der Waals surface area contributed by atoms with Crippen LogP contribution in [0.3, 0.4) is 0 Å². The van der Waals surface area contributed by atoms with E-state index in [2.05, 4.69) is 16.7 Å². The summed E-state index contributed by atoms with van der Waals surface area (Å²) in [5.41, 5.74) is 0.693. The molecule has 3 nitrogen and oxygen atoms in total. The normalized spacial score (nSPS) is 28.5. The number of piperazine rings is 1. The van der Waals surface area contributed by atoms with Crippen LogP contribution in [0.2, 0.25) is 0 Å². The van der Waals surface area contributed by atoms with E-state index in [1.54, 1.807) is 0 Å². The molecule has 1 aromatic carbocycles. The lowest BCUT2D eigenvalue weighted by Crippen LogP contribution is -2.54. The van der Waals surface area contributed by atoms with Gasteiger partial charge in [-0.05, 0) is 44.5 Å². The molecule has 2 aliphatic heterocycles. The molecule has 104 valence electrons. The Labute approximate surface area is 113 Å². The molecule has 4 heteroatoms. The van der Waals surface area contributed by atoms with Crippen LogP contribution in [0.25, 0.3) is 0 Å². The average Bonchev–Trinajstić information content (AvgIpc) is 2.81. The van der Waals surface area contributed by atoms with Crippen molar-refractivity contribution in [2.24, 2.45) is 0 Å². The number of hydrogen-bond donors (Lipinski definition) is 1. The largest absolute Gasteiger partial charge is 0.508 e. The lowest BCUT2D eigenvalue weighted by Gasteiger charge is -2.42. The Hall–Kier alpha value is -1.13. The van der Waals surface area contributed by atoms with Crippen molar-refractivity contribution in [3.63, 3.8) is 0 Å². The van der Waals surface area contributed by atoms with Gasteiger partial charge in [0.15, 0.2) is 0 Å². The molecule has 2 unspecified atom stereocenters. The average molecular weight is 264 g/mol. The quantitative estimate of drug-likeness (QED) is 0.887. The first-order chi connectivity index (χ1) is 9.13. The number of halogens is 1. The molecule has 2 atom stereocenters. The van der Waals surface area contributed by atoms with Crippen LogP contribution in [-0.2, 0) is 6.54 Å². The Kier molecular flexibility index (Phi) is 3.46. The fraction of sp³-hybridized carbons (Fsp3) is 0.600. The summed E-state index contributed by atoms with van der Waals surface area (Å²) in [5.74, 6) is -0.0811. The predicted octanol–water partition coefficient (Wildman–Crippen LogP) is 2.20. The van der Waals surface area contributed by atoms with Gasteiger partial charge in [-0.3, -0.25) is 9.80 Å². The van der Waals surface area contributed by atoms with Crippen molar-refractivity contribution < 1.29 is 9.50 Å². The molecular formula is C15H21FN2O. The Morgan fingerprint density at radius 2 is 2.21 bits per heavy atom. The molecule has 19 heavy (non-hydrogen) atoms. The Balaban J connectivity index is 1.73. The zero-order valence-corrected chi connectivity index (χ0v) is 11.3. The molecule has 0 saturated carbocycles. The van der Waals surface area contributed by atoms with Gasteiger partial charge in [-0.15, -0.1) is 0 Å². The summed E-state index contributed by atoms with van der Waals surface area (Å²) < 4.78 is 13.3. The van der Waals surface area contributed by atoms with Crippen LogP contribution in [0.4, 0.5) is 4.39 Å². The highest BCUT2D eigenvalue weighted by Gasteiger charge is 2.34. The molecule has 2 heterocycles. The Morgan fingerprint density at radius 3 is 3.05 bits per heavy atom. The van der Waals surface area contributed by atoms with Crippen LogP contribution < -0.4 is 0 Å². The summed E-state index contributed by atoms with van der Waals surface area (Å²) in [6, 6.07) is 5.30. The van der Waals surface area contributed by atoms with E-state index in [0.717, 1.165) is 13.1 Å². The van der Waals surface area contributed by atoms with E-state index in [9.17, 15) is 9.50 Å². The fourth-order valence-electron chi connectivity index (χ4n) is 3.37. The van der Waals surface area contributed by atoms with Crippen LogP contribution in [0.5, 0.6) is 5.75 Å². The second kappa shape index (κ2) is 5.10. The van der Waals surface area contributed by atoms with Crippen LogP contribution in [0, 0.1) is 5.82 Å². The van der Waals surface area contributed by atoms with E-state index >= 15 is 0 Å². The van der Waals surface area contributed by atoms with Crippen molar-refractivity contribution in [2.75, 3.05) is 19.6 Å². The number of rotatable bonds is 2. The molecule has 0 aromatic heterocycles. The van der Waals surface area contributed by atoms with Gasteiger partial charge in [0, 0.05) is 37.3 Å². The molecular weight excluding hydrogens is 243 g/mol. The number of nitrogens with zero attached hydrogens (tertiary/aromatic N) is 2. The van der Waals surface area contributed by atoms with E-state index in [4.69, 9.17) is 0 Å². The number of fused-ring (bicyclic) bond motifs is 1. The Morgan fingerprint density at radius 1 is 1.37 bits per heavy atom. The third-order valence-corrected chi connectivity index (χ3v) is 4.48. The Bertz CT molecular complexity index is 465. The van der Waals surface area contributed by atoms with Crippen LogP contribution in [-0.4, -0.2) is 46.6 Å². The zero-order chi connectivity index (χ0) is 13.4. The van der Waals surface area contributed by atoms with Gasteiger partial charge in [-0.25, -0.2) is 4.39 Å². The van der Waals surface area contributed by atoms with Gasteiger partial charge in [0.05, 0.1) is 0 Å². The monoisotopic (exact) mass is 264 g/mol. The van der Waals surface area contributed by atoms with Crippen molar-refractivity contribution in [3.8, 4) is 5.75 Å². The van der Waals surface area contributed by atoms with E-state index in [1.807, 2.05) is 0 Å². The number of phenolic OH excluding ortho intramolecular Hbond substituents is 1. The van der Waals surface area contributed by atoms with Crippen molar-refractivity contribution in [3.05, 3.63) is 29.6 Å². The summed E-state index contributed by atoms with van der Waals surface area (Å²) in [6.07, 6.45) is 2.55. The maximum absolute atomic E-state index is 13.3. The van der Waals surface area contributed by atoms with Gasteiger partial charge in [-0.1, -0.05) is 0 Å². The first kappa shape index (κ1) is 12.9. The van der Waals surface area contributed by atoms with Gasteiger partial charge < -0.3 is 5.11 Å². The highest BCUT2D eigenvalue weighted by Crippen LogP contribution is 2.27. The maximum atomic E-state index is 13.3. The molecule has 2 aliphatic rings. The fourth-order valence-corrected chi connectivity index (χ4v) is 3.37. The van der Waals surface area contributed by atoms with Crippen molar-refractivity contribution in [2.45, 2.75) is 38.4 Å². The highest BCUT2D eigenvalue weighted by molar-refractivity contribution is 5.32. The first-order valence-electron chi connectivity index (χ1n) is 7.09. The standard InChI is InChI=1S/C15H21FN2O/c1-11-8-17-6-2-3-14(17)10-18(11)9-12-7-13(16)4-5-15(12)19/h4-5,7,11,14,19H,2-3,6,8-10H2,1H3.